The lowest BCUT2D eigenvalue weighted by atomic mass is 10.2. The van der Waals surface area contributed by atoms with E-state index in [0.717, 1.165) is 0 Å². The highest BCUT2D eigenvalue weighted by molar-refractivity contribution is 5.98. The zero-order valence-corrected chi connectivity index (χ0v) is 9.06. The largest absolute Gasteiger partial charge is 0.467 e. The van der Waals surface area contributed by atoms with Crippen molar-refractivity contribution in [2.24, 2.45) is 5.73 Å². The Hall–Kier alpha value is -2.11. The Morgan fingerprint density at radius 3 is 2.81 bits per heavy atom. The second kappa shape index (κ2) is 5.11. The zero-order valence-electron chi connectivity index (χ0n) is 9.06. The van der Waals surface area contributed by atoms with Crippen LogP contribution in [0, 0.1) is 0 Å². The number of carbonyl (C=O) groups is 2. The summed E-state index contributed by atoms with van der Waals surface area (Å²) in [5.74, 6) is -0.776. The van der Waals surface area contributed by atoms with Gasteiger partial charge in [0, 0.05) is 6.20 Å². The molecule has 0 radical (unpaired) electrons. The van der Waals surface area contributed by atoms with Gasteiger partial charge in [0.05, 0.1) is 12.7 Å². The second-order valence-electron chi connectivity index (χ2n) is 3.15. The van der Waals surface area contributed by atoms with Gasteiger partial charge in [-0.1, -0.05) is 0 Å². The lowest BCUT2D eigenvalue weighted by Crippen LogP contribution is -2.29. The van der Waals surface area contributed by atoms with E-state index in [-0.39, 0.29) is 11.4 Å². The number of amides is 1. The average Bonchev–Trinajstić information content (AvgIpc) is 2.28. The van der Waals surface area contributed by atoms with Crippen LogP contribution in [0.3, 0.4) is 0 Å². The number of ether oxygens (including phenoxy) is 1. The topological polar surface area (TPSA) is 94.3 Å². The first-order chi connectivity index (χ1) is 7.56. The Kier molecular flexibility index (Phi) is 3.82. The van der Waals surface area contributed by atoms with E-state index in [1.54, 1.807) is 13.0 Å². The van der Waals surface area contributed by atoms with Gasteiger partial charge in [0.25, 0.3) is 5.91 Å². The van der Waals surface area contributed by atoms with Crippen LogP contribution in [0.2, 0.25) is 0 Å². The third kappa shape index (κ3) is 2.69. The third-order valence-electron chi connectivity index (χ3n) is 1.98. The molecular formula is C10H13N3O3. The lowest BCUT2D eigenvalue weighted by molar-refractivity contribution is -0.141. The Labute approximate surface area is 92.8 Å². The maximum Gasteiger partial charge on any atom is 0.328 e. The summed E-state index contributed by atoms with van der Waals surface area (Å²) >= 11 is 0. The molecule has 0 aliphatic carbocycles. The molecule has 0 bridgehead atoms. The van der Waals surface area contributed by atoms with Crippen LogP contribution in [-0.2, 0) is 9.53 Å². The maximum absolute atomic E-state index is 11.2. The number of nitrogens with one attached hydrogen (secondary N) is 1. The molecule has 1 aromatic heterocycles. The first-order valence-electron chi connectivity index (χ1n) is 4.65. The number of hydrogen-bond acceptors (Lipinski definition) is 5. The number of methoxy groups -OCH3 is 1. The van der Waals surface area contributed by atoms with Crippen molar-refractivity contribution in [1.29, 1.82) is 0 Å². The predicted molar refractivity (Wildman–Crippen MR) is 57.9 cm³/mol. The van der Waals surface area contributed by atoms with E-state index in [9.17, 15) is 9.59 Å². The SMILES string of the molecule is COC(=O)C(C)Nc1ncccc1C(N)=O. The summed E-state index contributed by atoms with van der Waals surface area (Å²) in [4.78, 5) is 26.2. The van der Waals surface area contributed by atoms with E-state index in [2.05, 4.69) is 15.0 Å². The molecule has 0 saturated heterocycles. The number of pyridine rings is 1. The zero-order chi connectivity index (χ0) is 12.1. The van der Waals surface area contributed by atoms with Gasteiger partial charge >= 0.3 is 5.97 Å². The third-order valence-corrected chi connectivity index (χ3v) is 1.98. The standard InChI is InChI=1S/C10H13N3O3/c1-6(10(15)16-2)13-9-7(8(11)14)4-3-5-12-9/h3-6H,1-2H3,(H2,11,14)(H,12,13). The normalized spacial score (nSPS) is 11.6. The fourth-order valence-corrected chi connectivity index (χ4v) is 1.16. The molecule has 0 aromatic carbocycles. The van der Waals surface area contributed by atoms with Crippen molar-refractivity contribution in [3.8, 4) is 0 Å². The van der Waals surface area contributed by atoms with Crippen molar-refractivity contribution in [1.82, 2.24) is 4.98 Å². The van der Waals surface area contributed by atoms with Gasteiger partial charge in [-0.3, -0.25) is 4.79 Å². The maximum atomic E-state index is 11.2. The molecule has 1 amide bonds. The monoisotopic (exact) mass is 223 g/mol. The van der Waals surface area contributed by atoms with E-state index in [1.807, 2.05) is 0 Å². The molecule has 0 aliphatic heterocycles. The van der Waals surface area contributed by atoms with Crippen molar-refractivity contribution in [2.75, 3.05) is 12.4 Å². The molecule has 6 nitrogen and oxygen atoms in total. The molecule has 1 aromatic rings. The Morgan fingerprint density at radius 1 is 1.56 bits per heavy atom. The van der Waals surface area contributed by atoms with Gasteiger partial charge in [-0.05, 0) is 19.1 Å². The fourth-order valence-electron chi connectivity index (χ4n) is 1.16. The summed E-state index contributed by atoms with van der Waals surface area (Å²) in [7, 11) is 1.29. The number of primary amides is 1. The lowest BCUT2D eigenvalue weighted by Gasteiger charge is -2.13. The molecule has 1 unspecified atom stereocenters. The van der Waals surface area contributed by atoms with Gasteiger partial charge in [-0.15, -0.1) is 0 Å². The van der Waals surface area contributed by atoms with E-state index in [1.165, 1.54) is 19.4 Å². The number of carbonyl (C=O) groups excluding carboxylic acids is 2. The van der Waals surface area contributed by atoms with E-state index >= 15 is 0 Å². The van der Waals surface area contributed by atoms with Crippen LogP contribution >= 0.6 is 0 Å². The quantitative estimate of drug-likeness (QED) is 0.709. The molecule has 16 heavy (non-hydrogen) atoms. The molecule has 1 heterocycles. The van der Waals surface area contributed by atoms with Crippen LogP contribution in [0.15, 0.2) is 18.3 Å². The fraction of sp³-hybridized carbons (Fsp3) is 0.300. The molecule has 6 heteroatoms. The molecule has 0 aliphatic rings. The molecule has 3 N–H and O–H groups in total. The number of rotatable bonds is 4. The molecule has 0 spiro atoms. The van der Waals surface area contributed by atoms with Gasteiger partial charge in [0.15, 0.2) is 0 Å². The van der Waals surface area contributed by atoms with E-state index in [0.29, 0.717) is 0 Å². The van der Waals surface area contributed by atoms with Crippen molar-refractivity contribution >= 4 is 17.7 Å². The van der Waals surface area contributed by atoms with Crippen molar-refractivity contribution in [2.45, 2.75) is 13.0 Å². The van der Waals surface area contributed by atoms with Crippen LogP contribution in [-0.4, -0.2) is 30.0 Å². The van der Waals surface area contributed by atoms with Crippen LogP contribution in [0.4, 0.5) is 5.82 Å². The Balaban J connectivity index is 2.88. The molecule has 0 saturated carbocycles. The van der Waals surface area contributed by atoms with Crippen LogP contribution in [0.5, 0.6) is 0 Å². The summed E-state index contributed by atoms with van der Waals surface area (Å²) in [6.45, 7) is 1.60. The number of nitrogens with two attached hydrogens (primary N) is 1. The second-order valence-corrected chi connectivity index (χ2v) is 3.15. The molecule has 0 fully saturated rings. The minimum atomic E-state index is -0.604. The minimum Gasteiger partial charge on any atom is -0.467 e. The highest BCUT2D eigenvalue weighted by Crippen LogP contribution is 2.11. The highest BCUT2D eigenvalue weighted by atomic mass is 16.5. The Bertz CT molecular complexity index is 406. The summed E-state index contributed by atoms with van der Waals surface area (Å²) < 4.78 is 4.54. The van der Waals surface area contributed by atoms with E-state index in [4.69, 9.17) is 5.73 Å². The number of esters is 1. The Morgan fingerprint density at radius 2 is 2.25 bits per heavy atom. The predicted octanol–water partition coefficient (Wildman–Crippen LogP) is 0.154. The van der Waals surface area contributed by atoms with Gasteiger partial charge in [0.1, 0.15) is 11.9 Å². The number of nitrogens with zero attached hydrogens (tertiary/aromatic N) is 1. The summed E-state index contributed by atoms with van der Waals surface area (Å²) in [6.07, 6.45) is 1.50. The summed E-state index contributed by atoms with van der Waals surface area (Å²) in [5.41, 5.74) is 5.40. The first-order valence-corrected chi connectivity index (χ1v) is 4.65. The number of anilines is 1. The average molecular weight is 223 g/mol. The van der Waals surface area contributed by atoms with Gasteiger partial charge < -0.3 is 15.8 Å². The van der Waals surface area contributed by atoms with Crippen LogP contribution in [0.1, 0.15) is 17.3 Å². The molecule has 86 valence electrons. The number of aromatic nitrogens is 1. The molecular weight excluding hydrogens is 210 g/mol. The van der Waals surface area contributed by atoms with Crippen molar-refractivity contribution < 1.29 is 14.3 Å². The minimum absolute atomic E-state index is 0.234. The first kappa shape index (κ1) is 12.0. The van der Waals surface area contributed by atoms with Crippen LogP contribution in [0.25, 0.3) is 0 Å². The number of hydrogen-bond donors (Lipinski definition) is 2. The summed E-state index contributed by atoms with van der Waals surface area (Å²) in [5, 5.41) is 2.76. The van der Waals surface area contributed by atoms with Gasteiger partial charge in [-0.25, -0.2) is 9.78 Å². The smallest absolute Gasteiger partial charge is 0.328 e. The molecule has 1 atom stereocenters. The van der Waals surface area contributed by atoms with Gasteiger partial charge in [-0.2, -0.15) is 0 Å². The van der Waals surface area contributed by atoms with Gasteiger partial charge in [0.2, 0.25) is 0 Å². The molecule has 1 rings (SSSR count). The summed E-state index contributed by atoms with van der Waals surface area (Å²) in [6, 6.07) is 2.52. The highest BCUT2D eigenvalue weighted by Gasteiger charge is 2.16. The van der Waals surface area contributed by atoms with Crippen molar-refractivity contribution in [3.05, 3.63) is 23.9 Å². The van der Waals surface area contributed by atoms with Crippen molar-refractivity contribution in [3.63, 3.8) is 0 Å². The van der Waals surface area contributed by atoms with E-state index < -0.39 is 17.9 Å². The van der Waals surface area contributed by atoms with Crippen LogP contribution < -0.4 is 11.1 Å².